The summed E-state index contributed by atoms with van der Waals surface area (Å²) >= 11 is 0. The van der Waals surface area contributed by atoms with Gasteiger partial charge < -0.3 is 0 Å². The smallest absolute Gasteiger partial charge is 0.213 e. The fraction of sp³-hybridized carbons (Fsp3) is 0.316. The Morgan fingerprint density at radius 3 is 2.46 bits per heavy atom. The second-order valence-corrected chi connectivity index (χ2v) is 6.31. The third-order valence-electron chi connectivity index (χ3n) is 4.80. The van der Waals surface area contributed by atoms with Crippen molar-refractivity contribution in [2.75, 3.05) is 11.6 Å². The van der Waals surface area contributed by atoms with Gasteiger partial charge in [0.05, 0.1) is 11.4 Å². The van der Waals surface area contributed by atoms with Crippen LogP contribution in [0.3, 0.4) is 0 Å². The molecule has 1 aliphatic carbocycles. The average Bonchev–Trinajstić information content (AvgIpc) is 3.25. The Labute approximate surface area is 140 Å². The number of anilines is 1. The highest BCUT2D eigenvalue weighted by Gasteiger charge is 2.33. The first-order chi connectivity index (χ1) is 11.7. The second-order valence-electron chi connectivity index (χ2n) is 6.31. The average molecular weight is 327 g/mol. The molecule has 1 aromatic heterocycles. The lowest BCUT2D eigenvalue weighted by atomic mass is 10.1. The fourth-order valence-electron chi connectivity index (χ4n) is 3.67. The zero-order valence-electron chi connectivity index (χ0n) is 13.3. The van der Waals surface area contributed by atoms with Gasteiger partial charge in [0.15, 0.2) is 0 Å². The Kier molecular flexibility index (Phi) is 4.02. The maximum absolute atomic E-state index is 13.6. The predicted octanol–water partition coefficient (Wildman–Crippen LogP) is 4.38. The zero-order valence-corrected chi connectivity index (χ0v) is 13.3. The molecule has 0 saturated heterocycles. The number of hydrogen-bond acceptors (Lipinski definition) is 3. The molecule has 0 amide bonds. The molecule has 2 aliphatic rings. The molecule has 1 aliphatic heterocycles. The monoisotopic (exact) mass is 327 g/mol. The molecule has 0 radical (unpaired) electrons. The van der Waals surface area contributed by atoms with Crippen LogP contribution in [0, 0.1) is 11.8 Å². The molecule has 124 valence electrons. The highest BCUT2D eigenvalue weighted by molar-refractivity contribution is 5.80. The van der Waals surface area contributed by atoms with E-state index in [1.165, 1.54) is 37.2 Å². The number of benzene rings is 1. The summed E-state index contributed by atoms with van der Waals surface area (Å²) < 4.78 is 26.9. The molecule has 24 heavy (non-hydrogen) atoms. The Bertz CT molecular complexity index is 751. The lowest BCUT2D eigenvalue weighted by Crippen LogP contribution is -2.43. The largest absolute Gasteiger partial charge is 0.274 e. The van der Waals surface area contributed by atoms with Crippen molar-refractivity contribution in [3.8, 4) is 0 Å². The van der Waals surface area contributed by atoms with Crippen molar-refractivity contribution in [1.82, 2.24) is 9.99 Å². The van der Waals surface area contributed by atoms with Crippen molar-refractivity contribution >= 4 is 11.4 Å². The molecule has 0 atom stereocenters. The highest BCUT2D eigenvalue weighted by Crippen LogP contribution is 2.37. The molecular weight excluding hydrogens is 308 g/mol. The van der Waals surface area contributed by atoms with Gasteiger partial charge in [0.1, 0.15) is 5.82 Å². The SMILES string of the molecule is Fc1ccc(N2C(c3ccnc(F)c3)=CCN2C2CCCC2)cc1. The first kappa shape index (κ1) is 15.3. The fourth-order valence-corrected chi connectivity index (χ4v) is 3.67. The van der Waals surface area contributed by atoms with Gasteiger partial charge in [0.2, 0.25) is 5.95 Å². The number of halogens is 2. The lowest BCUT2D eigenvalue weighted by molar-refractivity contribution is 0.236. The van der Waals surface area contributed by atoms with Gasteiger partial charge in [-0.3, -0.25) is 5.01 Å². The summed E-state index contributed by atoms with van der Waals surface area (Å²) in [6, 6.07) is 10.2. The van der Waals surface area contributed by atoms with E-state index in [2.05, 4.69) is 21.1 Å². The van der Waals surface area contributed by atoms with E-state index in [1.54, 1.807) is 12.1 Å². The van der Waals surface area contributed by atoms with Crippen LogP contribution in [0.25, 0.3) is 5.70 Å². The number of aromatic nitrogens is 1. The number of pyridine rings is 1. The molecule has 0 spiro atoms. The van der Waals surface area contributed by atoms with Crippen molar-refractivity contribution < 1.29 is 8.78 Å². The van der Waals surface area contributed by atoms with E-state index in [1.807, 2.05) is 6.07 Å². The maximum Gasteiger partial charge on any atom is 0.213 e. The molecule has 1 aromatic carbocycles. The Morgan fingerprint density at radius 1 is 1.00 bits per heavy atom. The first-order valence-corrected chi connectivity index (χ1v) is 8.37. The minimum atomic E-state index is -0.494. The Morgan fingerprint density at radius 2 is 1.75 bits per heavy atom. The third-order valence-corrected chi connectivity index (χ3v) is 4.80. The first-order valence-electron chi connectivity index (χ1n) is 8.37. The molecular formula is C19H19F2N3. The van der Waals surface area contributed by atoms with Gasteiger partial charge in [0, 0.05) is 30.4 Å². The van der Waals surface area contributed by atoms with E-state index < -0.39 is 5.95 Å². The summed E-state index contributed by atoms with van der Waals surface area (Å²) in [7, 11) is 0. The van der Waals surface area contributed by atoms with Crippen molar-refractivity contribution in [2.24, 2.45) is 0 Å². The van der Waals surface area contributed by atoms with Crippen LogP contribution in [0.5, 0.6) is 0 Å². The Hall–Kier alpha value is -2.27. The summed E-state index contributed by atoms with van der Waals surface area (Å²) in [5.41, 5.74) is 2.60. The van der Waals surface area contributed by atoms with Crippen LogP contribution in [0.4, 0.5) is 14.5 Å². The summed E-state index contributed by atoms with van der Waals surface area (Å²) in [6.07, 6.45) is 8.37. The van der Waals surface area contributed by atoms with E-state index in [4.69, 9.17) is 0 Å². The topological polar surface area (TPSA) is 19.4 Å². The standard InChI is InChI=1S/C19H19F2N3/c20-15-5-7-17(8-6-15)24-18(14-9-11-22-19(21)13-14)10-12-23(24)16-3-1-2-4-16/h5-11,13,16H,1-4,12H2. The molecule has 0 unspecified atom stereocenters. The molecule has 1 fully saturated rings. The minimum absolute atomic E-state index is 0.258. The van der Waals surface area contributed by atoms with Crippen molar-refractivity contribution in [2.45, 2.75) is 31.7 Å². The van der Waals surface area contributed by atoms with Crippen LogP contribution in [0.2, 0.25) is 0 Å². The third kappa shape index (κ3) is 2.80. The maximum atomic E-state index is 13.6. The van der Waals surface area contributed by atoms with Crippen LogP contribution >= 0.6 is 0 Å². The highest BCUT2D eigenvalue weighted by atomic mass is 19.1. The van der Waals surface area contributed by atoms with Gasteiger partial charge >= 0.3 is 0 Å². The van der Waals surface area contributed by atoms with Crippen LogP contribution in [-0.4, -0.2) is 22.6 Å². The van der Waals surface area contributed by atoms with Crippen LogP contribution in [-0.2, 0) is 0 Å². The van der Waals surface area contributed by atoms with E-state index >= 15 is 0 Å². The van der Waals surface area contributed by atoms with E-state index in [0.29, 0.717) is 6.04 Å². The molecule has 2 heterocycles. The molecule has 0 bridgehead atoms. The number of rotatable bonds is 3. The molecule has 1 saturated carbocycles. The summed E-state index contributed by atoms with van der Waals surface area (Å²) in [5, 5.41) is 4.41. The number of hydrazine groups is 1. The second kappa shape index (κ2) is 6.32. The summed E-state index contributed by atoms with van der Waals surface area (Å²) in [6.45, 7) is 0.779. The normalized spacial score (nSPS) is 19.1. The van der Waals surface area contributed by atoms with E-state index in [0.717, 1.165) is 36.3 Å². The summed E-state index contributed by atoms with van der Waals surface area (Å²) in [4.78, 5) is 3.64. The number of nitrogens with zero attached hydrogens (tertiary/aromatic N) is 3. The number of hydrogen-bond donors (Lipinski definition) is 0. The quantitative estimate of drug-likeness (QED) is 0.780. The van der Waals surface area contributed by atoms with Crippen LogP contribution in [0.15, 0.2) is 48.7 Å². The van der Waals surface area contributed by atoms with Crippen LogP contribution < -0.4 is 5.01 Å². The van der Waals surface area contributed by atoms with Crippen molar-refractivity contribution in [1.29, 1.82) is 0 Å². The van der Waals surface area contributed by atoms with E-state index in [-0.39, 0.29) is 5.82 Å². The Balaban J connectivity index is 1.73. The van der Waals surface area contributed by atoms with Gasteiger partial charge in [-0.05, 0) is 49.2 Å². The van der Waals surface area contributed by atoms with E-state index in [9.17, 15) is 8.78 Å². The predicted molar refractivity (Wildman–Crippen MR) is 90.0 cm³/mol. The van der Waals surface area contributed by atoms with Gasteiger partial charge in [-0.2, -0.15) is 4.39 Å². The molecule has 0 N–H and O–H groups in total. The van der Waals surface area contributed by atoms with Gasteiger partial charge in [-0.15, -0.1) is 0 Å². The summed E-state index contributed by atoms with van der Waals surface area (Å²) in [5.74, 6) is -0.752. The molecule has 2 aromatic rings. The minimum Gasteiger partial charge on any atom is -0.274 e. The molecule has 4 rings (SSSR count). The molecule has 3 nitrogen and oxygen atoms in total. The zero-order chi connectivity index (χ0) is 16.5. The van der Waals surface area contributed by atoms with Gasteiger partial charge in [-0.25, -0.2) is 14.4 Å². The van der Waals surface area contributed by atoms with Crippen molar-refractivity contribution in [3.05, 3.63) is 66.0 Å². The van der Waals surface area contributed by atoms with Crippen LogP contribution in [0.1, 0.15) is 31.2 Å². The van der Waals surface area contributed by atoms with Gasteiger partial charge in [-0.1, -0.05) is 12.8 Å². The molecule has 5 heteroatoms. The lowest BCUT2D eigenvalue weighted by Gasteiger charge is -2.36. The van der Waals surface area contributed by atoms with Crippen molar-refractivity contribution in [3.63, 3.8) is 0 Å². The van der Waals surface area contributed by atoms with Gasteiger partial charge in [0.25, 0.3) is 0 Å².